The second kappa shape index (κ2) is 9.42. The second-order valence-corrected chi connectivity index (χ2v) is 5.05. The Balaban J connectivity index is 3.96. The van der Waals surface area contributed by atoms with Gasteiger partial charge in [0.05, 0.1) is 0 Å². The van der Waals surface area contributed by atoms with Gasteiger partial charge in [0, 0.05) is 32.1 Å². The van der Waals surface area contributed by atoms with Crippen molar-refractivity contribution in [1.82, 2.24) is 9.80 Å². The Hall–Kier alpha value is -0.610. The quantitative estimate of drug-likeness (QED) is 0.664. The minimum absolute atomic E-state index is 0.198. The molecule has 0 aliphatic carbocycles. The molecule has 17 heavy (non-hydrogen) atoms. The van der Waals surface area contributed by atoms with Crippen LogP contribution in [0.25, 0.3) is 0 Å². The lowest BCUT2D eigenvalue weighted by atomic mass is 10.1. The fourth-order valence-corrected chi connectivity index (χ4v) is 1.69. The van der Waals surface area contributed by atoms with Crippen molar-refractivity contribution in [2.45, 2.75) is 45.6 Å². The first kappa shape index (κ1) is 16.4. The third-order valence-corrected chi connectivity index (χ3v) is 2.71. The average molecular weight is 243 g/mol. The summed E-state index contributed by atoms with van der Waals surface area (Å²) in [5.74, 6) is 0.273. The van der Waals surface area contributed by atoms with Crippen LogP contribution in [-0.4, -0.2) is 55.5 Å². The van der Waals surface area contributed by atoms with Crippen LogP contribution in [0.5, 0.6) is 0 Å². The van der Waals surface area contributed by atoms with Gasteiger partial charge in [-0.2, -0.15) is 0 Å². The van der Waals surface area contributed by atoms with Gasteiger partial charge in [-0.15, -0.1) is 0 Å². The van der Waals surface area contributed by atoms with E-state index in [0.29, 0.717) is 6.42 Å². The fourth-order valence-electron chi connectivity index (χ4n) is 1.69. The van der Waals surface area contributed by atoms with Crippen molar-refractivity contribution in [2.24, 2.45) is 5.73 Å². The van der Waals surface area contributed by atoms with Crippen molar-refractivity contribution in [3.8, 4) is 0 Å². The lowest BCUT2D eigenvalue weighted by molar-refractivity contribution is -0.131. The smallest absolute Gasteiger partial charge is 0.222 e. The zero-order valence-corrected chi connectivity index (χ0v) is 11.9. The highest BCUT2D eigenvalue weighted by Crippen LogP contribution is 2.04. The summed E-state index contributed by atoms with van der Waals surface area (Å²) in [6.07, 6.45) is 3.49. The zero-order chi connectivity index (χ0) is 13.3. The van der Waals surface area contributed by atoms with Crippen molar-refractivity contribution < 1.29 is 4.79 Å². The number of nitrogens with two attached hydrogens (primary N) is 1. The van der Waals surface area contributed by atoms with Crippen molar-refractivity contribution in [2.75, 3.05) is 33.7 Å². The van der Waals surface area contributed by atoms with E-state index in [-0.39, 0.29) is 11.9 Å². The molecule has 1 unspecified atom stereocenters. The van der Waals surface area contributed by atoms with Crippen LogP contribution >= 0.6 is 0 Å². The molecule has 1 amide bonds. The average Bonchev–Trinajstić information content (AvgIpc) is 2.23. The molecule has 0 spiro atoms. The normalized spacial score (nSPS) is 12.8. The van der Waals surface area contributed by atoms with E-state index >= 15 is 0 Å². The molecule has 1 atom stereocenters. The van der Waals surface area contributed by atoms with Crippen molar-refractivity contribution in [3.05, 3.63) is 0 Å². The summed E-state index contributed by atoms with van der Waals surface area (Å²) >= 11 is 0. The molecule has 2 N–H and O–H groups in total. The first-order valence-corrected chi connectivity index (χ1v) is 6.65. The van der Waals surface area contributed by atoms with Crippen LogP contribution in [0.2, 0.25) is 0 Å². The van der Waals surface area contributed by atoms with Crippen molar-refractivity contribution in [3.63, 3.8) is 0 Å². The first-order chi connectivity index (χ1) is 7.97. The maximum absolute atomic E-state index is 12.0. The number of carbonyl (C=O) groups is 1. The van der Waals surface area contributed by atoms with E-state index in [2.05, 4.69) is 11.8 Å². The van der Waals surface area contributed by atoms with Gasteiger partial charge in [-0.3, -0.25) is 4.79 Å². The number of amides is 1. The molecule has 4 nitrogen and oxygen atoms in total. The molecule has 0 aromatic heterocycles. The summed E-state index contributed by atoms with van der Waals surface area (Å²) in [6.45, 7) is 6.72. The van der Waals surface area contributed by atoms with E-state index in [1.54, 1.807) is 0 Å². The van der Waals surface area contributed by atoms with E-state index in [4.69, 9.17) is 5.73 Å². The van der Waals surface area contributed by atoms with Crippen LogP contribution in [0.1, 0.15) is 39.5 Å². The predicted molar refractivity (Wildman–Crippen MR) is 72.9 cm³/mol. The van der Waals surface area contributed by atoms with Crippen LogP contribution < -0.4 is 5.73 Å². The number of carbonyl (C=O) groups excluding carboxylic acids is 1. The van der Waals surface area contributed by atoms with Gasteiger partial charge in [0.2, 0.25) is 5.91 Å². The van der Waals surface area contributed by atoms with E-state index in [0.717, 1.165) is 38.9 Å². The number of rotatable bonds is 9. The van der Waals surface area contributed by atoms with Crippen molar-refractivity contribution >= 4 is 5.91 Å². The molecule has 0 saturated carbocycles. The van der Waals surface area contributed by atoms with Gasteiger partial charge >= 0.3 is 0 Å². The first-order valence-electron chi connectivity index (χ1n) is 6.65. The summed E-state index contributed by atoms with van der Waals surface area (Å²) in [6, 6.07) is 0.198. The molecule has 4 heteroatoms. The Kier molecular flexibility index (Phi) is 9.09. The Morgan fingerprint density at radius 2 is 1.88 bits per heavy atom. The second-order valence-electron chi connectivity index (χ2n) is 5.05. The van der Waals surface area contributed by atoms with Gasteiger partial charge in [-0.1, -0.05) is 6.92 Å². The molecule has 102 valence electrons. The lowest BCUT2D eigenvalue weighted by Gasteiger charge is -2.24. The monoisotopic (exact) mass is 243 g/mol. The van der Waals surface area contributed by atoms with Crippen LogP contribution in [0.4, 0.5) is 0 Å². The summed E-state index contributed by atoms with van der Waals surface area (Å²) in [4.78, 5) is 16.1. The predicted octanol–water partition coefficient (Wildman–Crippen LogP) is 1.30. The van der Waals surface area contributed by atoms with E-state index in [1.165, 1.54) is 0 Å². The molecule has 0 radical (unpaired) electrons. The van der Waals surface area contributed by atoms with E-state index in [9.17, 15) is 4.79 Å². The molecule has 0 aromatic carbocycles. The maximum Gasteiger partial charge on any atom is 0.222 e. The van der Waals surface area contributed by atoms with Gasteiger partial charge < -0.3 is 15.5 Å². The summed E-state index contributed by atoms with van der Waals surface area (Å²) in [5.41, 5.74) is 5.68. The SMILES string of the molecule is CCCN(CCN(C)C)C(=O)CCCC(C)N. The Bertz CT molecular complexity index is 205. The number of likely N-dealkylation sites (N-methyl/N-ethyl adjacent to an activating group) is 1. The molecule has 0 rings (SSSR count). The minimum atomic E-state index is 0.198. The van der Waals surface area contributed by atoms with Crippen LogP contribution in [0.15, 0.2) is 0 Å². The Labute approximate surface area is 106 Å². The Morgan fingerprint density at radius 1 is 1.24 bits per heavy atom. The van der Waals surface area contributed by atoms with Crippen LogP contribution in [-0.2, 0) is 4.79 Å². The maximum atomic E-state index is 12.0. The number of nitrogens with zero attached hydrogens (tertiary/aromatic N) is 2. The molecule has 0 aliphatic rings. The van der Waals surface area contributed by atoms with Gasteiger partial charge in [0.25, 0.3) is 0 Å². The molecule has 0 saturated heterocycles. The number of hydrogen-bond donors (Lipinski definition) is 1. The summed E-state index contributed by atoms with van der Waals surface area (Å²) in [7, 11) is 4.06. The van der Waals surface area contributed by atoms with Gasteiger partial charge in [0.1, 0.15) is 0 Å². The third kappa shape index (κ3) is 9.12. The van der Waals surface area contributed by atoms with Crippen LogP contribution in [0, 0.1) is 0 Å². The standard InChI is InChI=1S/C13H29N3O/c1-5-9-16(11-10-15(3)4)13(17)8-6-7-12(2)14/h12H,5-11,14H2,1-4H3. The summed E-state index contributed by atoms with van der Waals surface area (Å²) < 4.78 is 0. The van der Waals surface area contributed by atoms with Gasteiger partial charge in [-0.05, 0) is 40.3 Å². The van der Waals surface area contributed by atoms with E-state index < -0.39 is 0 Å². The fraction of sp³-hybridized carbons (Fsp3) is 0.923. The summed E-state index contributed by atoms with van der Waals surface area (Å²) in [5, 5.41) is 0. The topological polar surface area (TPSA) is 49.6 Å². The molecular formula is C13H29N3O. The zero-order valence-electron chi connectivity index (χ0n) is 11.9. The number of hydrogen-bond acceptors (Lipinski definition) is 3. The third-order valence-electron chi connectivity index (χ3n) is 2.71. The largest absolute Gasteiger partial charge is 0.341 e. The van der Waals surface area contributed by atoms with Crippen molar-refractivity contribution in [1.29, 1.82) is 0 Å². The highest BCUT2D eigenvalue weighted by molar-refractivity contribution is 5.76. The molecule has 0 heterocycles. The molecular weight excluding hydrogens is 214 g/mol. The van der Waals surface area contributed by atoms with Gasteiger partial charge in [-0.25, -0.2) is 0 Å². The lowest BCUT2D eigenvalue weighted by Crippen LogP contribution is -2.37. The highest BCUT2D eigenvalue weighted by Gasteiger charge is 2.12. The Morgan fingerprint density at radius 3 is 2.35 bits per heavy atom. The van der Waals surface area contributed by atoms with Gasteiger partial charge in [0.15, 0.2) is 0 Å². The molecule has 0 bridgehead atoms. The highest BCUT2D eigenvalue weighted by atomic mass is 16.2. The van der Waals surface area contributed by atoms with E-state index in [1.807, 2.05) is 25.9 Å². The minimum Gasteiger partial charge on any atom is -0.341 e. The molecule has 0 aliphatic heterocycles. The molecule has 0 aromatic rings. The molecule has 0 fully saturated rings. The van der Waals surface area contributed by atoms with Crippen LogP contribution in [0.3, 0.4) is 0 Å².